The molecule has 6 heteroatoms. The van der Waals surface area contributed by atoms with Crippen LogP contribution in [-0.4, -0.2) is 68.6 Å². The Labute approximate surface area is 144 Å². The Morgan fingerprint density at radius 2 is 2.04 bits per heavy atom. The molecular weight excluding hydrogens is 306 g/mol. The molecule has 0 amide bonds. The number of piperazine rings is 1. The monoisotopic (exact) mass is 337 g/mol. The van der Waals surface area contributed by atoms with Gasteiger partial charge in [-0.15, -0.1) is 0 Å². The Hall–Kier alpha value is -1.11. The molecule has 2 heterocycles. The van der Waals surface area contributed by atoms with Crippen molar-refractivity contribution in [1.29, 1.82) is 0 Å². The largest absolute Gasteiger partial charge is 0.357 e. The smallest absolute Gasteiger partial charge is 0.191 e. The van der Waals surface area contributed by atoms with Gasteiger partial charge in [0, 0.05) is 39.3 Å². The maximum Gasteiger partial charge on any atom is 0.191 e. The molecule has 23 heavy (non-hydrogen) atoms. The molecule has 0 aliphatic carbocycles. The fourth-order valence-corrected chi connectivity index (χ4v) is 3.29. The number of nitrogens with one attached hydrogen (secondary N) is 2. The third kappa shape index (κ3) is 7.33. The minimum atomic E-state index is 0.750. The van der Waals surface area contributed by atoms with E-state index in [1.54, 1.807) is 11.3 Å². The summed E-state index contributed by atoms with van der Waals surface area (Å²) in [4.78, 5) is 9.62. The molecule has 1 aromatic rings. The van der Waals surface area contributed by atoms with Crippen LogP contribution in [-0.2, 0) is 6.54 Å². The predicted molar refractivity (Wildman–Crippen MR) is 100 cm³/mol. The highest BCUT2D eigenvalue weighted by Gasteiger charge is 2.12. The molecule has 0 spiro atoms. The van der Waals surface area contributed by atoms with Gasteiger partial charge in [-0.05, 0) is 55.7 Å². The molecule has 0 atom stereocenters. The topological polar surface area (TPSA) is 42.9 Å². The standard InChI is InChI=1S/C17H31N5S/c1-3-18-17(20-14-16-6-13-23-15-16)19-7-4-5-8-22-11-9-21(2)10-12-22/h6,13,15H,3-5,7-12,14H2,1-2H3,(H2,18,19,20). The first kappa shape index (κ1) is 18.2. The lowest BCUT2D eigenvalue weighted by Crippen LogP contribution is -2.44. The molecule has 5 nitrogen and oxygen atoms in total. The van der Waals surface area contributed by atoms with Crippen molar-refractivity contribution in [3.63, 3.8) is 0 Å². The molecule has 1 aliphatic heterocycles. The fraction of sp³-hybridized carbons (Fsp3) is 0.706. The van der Waals surface area contributed by atoms with Gasteiger partial charge in [0.15, 0.2) is 5.96 Å². The first-order chi connectivity index (χ1) is 11.3. The summed E-state index contributed by atoms with van der Waals surface area (Å²) in [6.07, 6.45) is 2.44. The average molecular weight is 338 g/mol. The SMILES string of the molecule is CCNC(=NCc1ccsc1)NCCCCN1CCN(C)CC1. The van der Waals surface area contributed by atoms with Gasteiger partial charge >= 0.3 is 0 Å². The lowest BCUT2D eigenvalue weighted by molar-refractivity contribution is 0.152. The van der Waals surface area contributed by atoms with Crippen molar-refractivity contribution < 1.29 is 0 Å². The van der Waals surface area contributed by atoms with Crippen LogP contribution in [0.5, 0.6) is 0 Å². The van der Waals surface area contributed by atoms with Crippen LogP contribution in [0.15, 0.2) is 21.8 Å². The minimum absolute atomic E-state index is 0.750. The molecule has 2 rings (SSSR count). The van der Waals surface area contributed by atoms with Crippen molar-refractivity contribution >= 4 is 17.3 Å². The molecule has 2 N–H and O–H groups in total. The predicted octanol–water partition coefficient (Wildman–Crippen LogP) is 1.83. The molecule has 1 aromatic heterocycles. The number of unbranched alkanes of at least 4 members (excludes halogenated alkanes) is 1. The van der Waals surface area contributed by atoms with Crippen molar-refractivity contribution in [2.24, 2.45) is 4.99 Å². The van der Waals surface area contributed by atoms with E-state index in [0.717, 1.165) is 25.6 Å². The number of aliphatic imine (C=N–C) groups is 1. The van der Waals surface area contributed by atoms with E-state index in [1.165, 1.54) is 51.1 Å². The molecule has 0 radical (unpaired) electrons. The normalized spacial score (nSPS) is 17.4. The molecule has 1 saturated heterocycles. The number of guanidine groups is 1. The maximum absolute atomic E-state index is 4.64. The van der Waals surface area contributed by atoms with Crippen molar-refractivity contribution in [2.75, 3.05) is 52.9 Å². The molecule has 0 aromatic carbocycles. The molecule has 130 valence electrons. The van der Waals surface area contributed by atoms with Crippen LogP contribution in [0.2, 0.25) is 0 Å². The van der Waals surface area contributed by atoms with E-state index >= 15 is 0 Å². The van der Waals surface area contributed by atoms with E-state index in [2.05, 4.69) is 56.2 Å². The number of rotatable bonds is 8. The van der Waals surface area contributed by atoms with Gasteiger partial charge in [-0.3, -0.25) is 0 Å². The van der Waals surface area contributed by atoms with Crippen LogP contribution < -0.4 is 10.6 Å². The summed E-state index contributed by atoms with van der Waals surface area (Å²) in [7, 11) is 2.21. The number of hydrogen-bond donors (Lipinski definition) is 2. The molecular formula is C17H31N5S. The quantitative estimate of drug-likeness (QED) is 0.431. The zero-order valence-corrected chi connectivity index (χ0v) is 15.4. The number of thiophene rings is 1. The first-order valence-electron chi connectivity index (χ1n) is 8.72. The zero-order valence-electron chi connectivity index (χ0n) is 14.6. The average Bonchev–Trinajstić information content (AvgIpc) is 3.07. The highest BCUT2D eigenvalue weighted by molar-refractivity contribution is 7.07. The maximum atomic E-state index is 4.64. The Balaban J connectivity index is 1.59. The van der Waals surface area contributed by atoms with Gasteiger partial charge in [0.1, 0.15) is 0 Å². The summed E-state index contributed by atoms with van der Waals surface area (Å²) >= 11 is 1.72. The van der Waals surface area contributed by atoms with Crippen LogP contribution in [0.25, 0.3) is 0 Å². The molecule has 0 saturated carbocycles. The van der Waals surface area contributed by atoms with E-state index in [1.807, 2.05) is 0 Å². The molecule has 1 aliphatic rings. The Morgan fingerprint density at radius 3 is 2.74 bits per heavy atom. The van der Waals surface area contributed by atoms with Crippen molar-refractivity contribution in [3.8, 4) is 0 Å². The molecule has 0 unspecified atom stereocenters. The van der Waals surface area contributed by atoms with Gasteiger partial charge in [0.05, 0.1) is 6.54 Å². The molecule has 0 bridgehead atoms. The highest BCUT2D eigenvalue weighted by Crippen LogP contribution is 2.06. The van der Waals surface area contributed by atoms with E-state index < -0.39 is 0 Å². The van der Waals surface area contributed by atoms with Crippen LogP contribution in [0.1, 0.15) is 25.3 Å². The van der Waals surface area contributed by atoms with Crippen LogP contribution >= 0.6 is 11.3 Å². The summed E-state index contributed by atoms with van der Waals surface area (Å²) in [5.74, 6) is 0.929. The van der Waals surface area contributed by atoms with Gasteiger partial charge in [-0.2, -0.15) is 11.3 Å². The minimum Gasteiger partial charge on any atom is -0.357 e. The summed E-state index contributed by atoms with van der Waals surface area (Å²) in [5, 5.41) is 11.0. The third-order valence-corrected chi connectivity index (χ3v) is 4.87. The Bertz CT molecular complexity index is 438. The fourth-order valence-electron chi connectivity index (χ4n) is 2.63. The lowest BCUT2D eigenvalue weighted by atomic mass is 10.2. The van der Waals surface area contributed by atoms with Gasteiger partial charge in [-0.1, -0.05) is 0 Å². The second-order valence-electron chi connectivity index (χ2n) is 6.11. The van der Waals surface area contributed by atoms with E-state index in [0.29, 0.717) is 0 Å². The lowest BCUT2D eigenvalue weighted by Gasteiger charge is -2.32. The second kappa shape index (κ2) is 10.6. The van der Waals surface area contributed by atoms with E-state index in [9.17, 15) is 0 Å². The van der Waals surface area contributed by atoms with Crippen molar-refractivity contribution in [2.45, 2.75) is 26.3 Å². The van der Waals surface area contributed by atoms with E-state index in [4.69, 9.17) is 0 Å². The van der Waals surface area contributed by atoms with Crippen molar-refractivity contribution in [1.82, 2.24) is 20.4 Å². The van der Waals surface area contributed by atoms with Crippen LogP contribution in [0.3, 0.4) is 0 Å². The van der Waals surface area contributed by atoms with Gasteiger partial charge < -0.3 is 20.4 Å². The van der Waals surface area contributed by atoms with Crippen LogP contribution in [0, 0.1) is 0 Å². The van der Waals surface area contributed by atoms with E-state index in [-0.39, 0.29) is 0 Å². The number of likely N-dealkylation sites (N-methyl/N-ethyl adjacent to an activating group) is 1. The summed E-state index contributed by atoms with van der Waals surface area (Å²) < 4.78 is 0. The molecule has 1 fully saturated rings. The zero-order chi connectivity index (χ0) is 16.3. The summed E-state index contributed by atoms with van der Waals surface area (Å²) in [6, 6.07) is 2.13. The Morgan fingerprint density at radius 1 is 1.22 bits per heavy atom. The van der Waals surface area contributed by atoms with Gasteiger partial charge in [0.25, 0.3) is 0 Å². The van der Waals surface area contributed by atoms with Gasteiger partial charge in [0.2, 0.25) is 0 Å². The van der Waals surface area contributed by atoms with Crippen LogP contribution in [0.4, 0.5) is 0 Å². The number of hydrogen-bond acceptors (Lipinski definition) is 4. The highest BCUT2D eigenvalue weighted by atomic mass is 32.1. The Kier molecular flexibility index (Phi) is 8.42. The van der Waals surface area contributed by atoms with Gasteiger partial charge in [-0.25, -0.2) is 4.99 Å². The third-order valence-electron chi connectivity index (χ3n) is 4.13. The first-order valence-corrected chi connectivity index (χ1v) is 9.66. The summed E-state index contributed by atoms with van der Waals surface area (Å²) in [6.45, 7) is 10.8. The van der Waals surface area contributed by atoms with Crippen molar-refractivity contribution in [3.05, 3.63) is 22.4 Å². The second-order valence-corrected chi connectivity index (χ2v) is 6.89. The number of nitrogens with zero attached hydrogens (tertiary/aromatic N) is 3. The summed E-state index contributed by atoms with van der Waals surface area (Å²) in [5.41, 5.74) is 1.28.